The Balaban J connectivity index is 0.000000120. The average molecular weight is 1410 g/mol. The van der Waals surface area contributed by atoms with Crippen LogP contribution >= 0.6 is 0 Å². The van der Waals surface area contributed by atoms with Crippen LogP contribution in [0.1, 0.15) is 0 Å². The second kappa shape index (κ2) is 32.2. The van der Waals surface area contributed by atoms with Crippen molar-refractivity contribution in [3.05, 3.63) is 419 Å². The standard InChI is InChI=1S/C35H23N3.2C33H23N3/c1-3-9-26-19-29(15-13-24(26)7-1)33-22-32(28-11-5-12-31(21-28)35-36-17-6-18-37-35)23-34(38-33)30-16-14-25-8-2-4-10-27(25)20-30;1-3-9-24(10-4-1)26-15-17-27(18-16-26)31-22-30(25-11-5-2-6-12-25)23-32(36-31)28-13-7-14-29(21-28)33-34-19-8-20-35-33;1-3-8-24(9-4-1)26-12-14-27(15-13-26)31-22-30(25-10-5-2-6-11-25)23-32(36-31)28-16-18-29(19-17-28)33-34-20-7-21-35-33/h1-23H;2*1-23H. The molecule has 110 heavy (non-hydrogen) atoms. The zero-order valence-corrected chi connectivity index (χ0v) is 59.9. The third kappa shape index (κ3) is 15.9. The summed E-state index contributed by atoms with van der Waals surface area (Å²) >= 11 is 0. The molecule has 0 bridgehead atoms. The molecule has 0 fully saturated rings. The second-order valence-electron chi connectivity index (χ2n) is 26.6. The molecule has 0 unspecified atom stereocenters. The molecule has 13 aromatic carbocycles. The highest BCUT2D eigenvalue weighted by atomic mass is 14.9. The van der Waals surface area contributed by atoms with Crippen LogP contribution in [0, 0.1) is 0 Å². The van der Waals surface area contributed by atoms with Crippen molar-refractivity contribution in [2.75, 3.05) is 0 Å². The van der Waals surface area contributed by atoms with E-state index in [9.17, 15) is 0 Å². The van der Waals surface area contributed by atoms with E-state index in [4.69, 9.17) is 15.0 Å². The first-order valence-corrected chi connectivity index (χ1v) is 36.6. The Kier molecular flexibility index (Phi) is 20.0. The summed E-state index contributed by atoms with van der Waals surface area (Å²) in [5, 5.41) is 4.84. The highest BCUT2D eigenvalue weighted by Gasteiger charge is 2.16. The van der Waals surface area contributed by atoms with Gasteiger partial charge < -0.3 is 0 Å². The van der Waals surface area contributed by atoms with Gasteiger partial charge in [-0.05, 0) is 156 Å². The molecule has 9 nitrogen and oxygen atoms in total. The number of pyridine rings is 3. The molecule has 6 heterocycles. The van der Waals surface area contributed by atoms with Crippen LogP contribution in [0.3, 0.4) is 0 Å². The fourth-order valence-electron chi connectivity index (χ4n) is 13.7. The smallest absolute Gasteiger partial charge is 0.159 e. The first-order valence-electron chi connectivity index (χ1n) is 36.6. The molecule has 0 atom stereocenters. The number of rotatable bonds is 14. The molecule has 0 saturated heterocycles. The zero-order valence-electron chi connectivity index (χ0n) is 59.9. The minimum Gasteiger partial charge on any atom is -0.248 e. The highest BCUT2D eigenvalue weighted by Crippen LogP contribution is 2.38. The van der Waals surface area contributed by atoms with Crippen molar-refractivity contribution in [2.24, 2.45) is 0 Å². The van der Waals surface area contributed by atoms with Crippen molar-refractivity contribution in [1.29, 1.82) is 0 Å². The summed E-state index contributed by atoms with van der Waals surface area (Å²) in [6, 6.07) is 132. The van der Waals surface area contributed by atoms with Gasteiger partial charge in [-0.2, -0.15) is 0 Å². The molecular formula is C101H69N9. The van der Waals surface area contributed by atoms with Crippen LogP contribution in [-0.2, 0) is 0 Å². The van der Waals surface area contributed by atoms with Crippen LogP contribution in [0.2, 0.25) is 0 Å². The van der Waals surface area contributed by atoms with E-state index >= 15 is 0 Å². The lowest BCUT2D eigenvalue weighted by Crippen LogP contribution is -1.93. The van der Waals surface area contributed by atoms with Crippen LogP contribution in [0.4, 0.5) is 0 Å². The Morgan fingerprint density at radius 3 is 0.709 bits per heavy atom. The van der Waals surface area contributed by atoms with Gasteiger partial charge in [0.25, 0.3) is 0 Å². The minimum atomic E-state index is 0.704. The monoisotopic (exact) mass is 1410 g/mol. The zero-order chi connectivity index (χ0) is 73.6. The third-order valence-corrected chi connectivity index (χ3v) is 19.4. The van der Waals surface area contributed by atoms with Crippen molar-refractivity contribution < 1.29 is 0 Å². The van der Waals surface area contributed by atoms with Crippen molar-refractivity contribution in [1.82, 2.24) is 44.9 Å². The number of hydrogen-bond acceptors (Lipinski definition) is 9. The molecule has 0 spiro atoms. The Labute approximate surface area is 639 Å². The summed E-state index contributed by atoms with van der Waals surface area (Å²) in [7, 11) is 0. The van der Waals surface area contributed by atoms with E-state index in [-0.39, 0.29) is 0 Å². The van der Waals surface area contributed by atoms with E-state index in [1.165, 1.54) is 43.8 Å². The predicted molar refractivity (Wildman–Crippen MR) is 451 cm³/mol. The van der Waals surface area contributed by atoms with E-state index in [0.717, 1.165) is 118 Å². The molecule has 0 aliphatic heterocycles. The largest absolute Gasteiger partial charge is 0.248 e. The maximum atomic E-state index is 5.17. The quantitative estimate of drug-likeness (QED) is 0.105. The molecule has 19 rings (SSSR count). The van der Waals surface area contributed by atoms with Crippen LogP contribution in [-0.4, -0.2) is 44.9 Å². The lowest BCUT2D eigenvalue weighted by atomic mass is 9.97. The maximum Gasteiger partial charge on any atom is 0.159 e. The summed E-state index contributed by atoms with van der Waals surface area (Å²) in [5.41, 5.74) is 26.6. The summed E-state index contributed by atoms with van der Waals surface area (Å²) in [4.78, 5) is 41.8. The van der Waals surface area contributed by atoms with Gasteiger partial charge in [-0.1, -0.05) is 303 Å². The molecule has 0 aliphatic carbocycles. The molecule has 0 amide bonds. The van der Waals surface area contributed by atoms with Gasteiger partial charge in [-0.25, -0.2) is 44.9 Å². The van der Waals surface area contributed by atoms with E-state index in [0.29, 0.717) is 17.5 Å². The van der Waals surface area contributed by atoms with Gasteiger partial charge in [0, 0.05) is 87.3 Å². The fourth-order valence-corrected chi connectivity index (χ4v) is 13.7. The predicted octanol–water partition coefficient (Wildman–Crippen LogP) is 25.3. The minimum absolute atomic E-state index is 0.704. The molecular weight excluding hydrogens is 1340 g/mol. The van der Waals surface area contributed by atoms with Gasteiger partial charge in [0.1, 0.15) is 0 Å². The summed E-state index contributed by atoms with van der Waals surface area (Å²) in [5.74, 6) is 2.14. The Bertz CT molecular complexity index is 6140. The van der Waals surface area contributed by atoms with Gasteiger partial charge in [-0.3, -0.25) is 0 Å². The Morgan fingerprint density at radius 2 is 0.345 bits per heavy atom. The third-order valence-electron chi connectivity index (χ3n) is 19.4. The van der Waals surface area contributed by atoms with E-state index in [1.54, 1.807) is 37.2 Å². The van der Waals surface area contributed by atoms with Crippen LogP contribution in [0.15, 0.2) is 419 Å². The maximum absolute atomic E-state index is 5.17. The first kappa shape index (κ1) is 68.2. The molecule has 518 valence electrons. The van der Waals surface area contributed by atoms with Crippen LogP contribution in [0.5, 0.6) is 0 Å². The first-order chi connectivity index (χ1) is 54.5. The lowest BCUT2D eigenvalue weighted by molar-refractivity contribution is 1.18. The molecule has 0 radical (unpaired) electrons. The number of hydrogen-bond donors (Lipinski definition) is 0. The number of aromatic nitrogens is 9. The summed E-state index contributed by atoms with van der Waals surface area (Å²) < 4.78 is 0. The normalized spacial score (nSPS) is 10.9. The topological polar surface area (TPSA) is 116 Å². The molecule has 0 saturated carbocycles. The van der Waals surface area contributed by atoms with Crippen LogP contribution in [0.25, 0.3) is 179 Å². The van der Waals surface area contributed by atoms with Gasteiger partial charge in [0.05, 0.1) is 34.2 Å². The van der Waals surface area contributed by atoms with Crippen molar-refractivity contribution in [2.45, 2.75) is 0 Å². The number of fused-ring (bicyclic) bond motifs is 2. The summed E-state index contributed by atoms with van der Waals surface area (Å²) in [6.07, 6.45) is 10.6. The Hall–Kier alpha value is -14.9. The Morgan fingerprint density at radius 1 is 0.118 bits per heavy atom. The van der Waals surface area contributed by atoms with Gasteiger partial charge in [0.2, 0.25) is 0 Å². The van der Waals surface area contributed by atoms with Gasteiger partial charge >= 0.3 is 0 Å². The molecule has 19 aromatic rings. The molecule has 0 N–H and O–H groups in total. The SMILES string of the molecule is c1ccc(-c2ccc(-c3cc(-c4ccccc4)cc(-c4ccc(-c5ncccn5)cc4)n3)cc2)cc1.c1ccc(-c2ccc(-c3cc(-c4ccccc4)cc(-c4cccc(-c5ncccn5)c4)n3)cc2)cc1.c1cnc(-c2cccc(-c3cc(-c4ccc5ccccc5c4)nc(-c4ccc5ccccc5c4)c3)c2)nc1. The summed E-state index contributed by atoms with van der Waals surface area (Å²) in [6.45, 7) is 0. The second-order valence-corrected chi connectivity index (χ2v) is 26.6. The van der Waals surface area contributed by atoms with Crippen molar-refractivity contribution in [3.8, 4) is 157 Å². The molecule has 9 heteroatoms. The molecule has 6 aromatic heterocycles. The van der Waals surface area contributed by atoms with E-state index in [1.807, 2.05) is 54.6 Å². The van der Waals surface area contributed by atoms with Gasteiger partial charge in [0.15, 0.2) is 17.5 Å². The van der Waals surface area contributed by atoms with E-state index < -0.39 is 0 Å². The van der Waals surface area contributed by atoms with E-state index in [2.05, 4.69) is 357 Å². The van der Waals surface area contributed by atoms with Gasteiger partial charge in [-0.15, -0.1) is 0 Å². The number of nitrogens with zero attached hydrogens (tertiary/aromatic N) is 9. The number of benzene rings is 13. The fraction of sp³-hybridized carbons (Fsp3) is 0. The molecule has 0 aliphatic rings. The lowest BCUT2D eigenvalue weighted by Gasteiger charge is -2.12. The average Bonchev–Trinajstić information content (AvgIpc) is 0.793. The van der Waals surface area contributed by atoms with Crippen LogP contribution < -0.4 is 0 Å². The van der Waals surface area contributed by atoms with Crippen molar-refractivity contribution >= 4 is 21.5 Å². The van der Waals surface area contributed by atoms with Crippen molar-refractivity contribution in [3.63, 3.8) is 0 Å². The highest BCUT2D eigenvalue weighted by molar-refractivity contribution is 5.91.